The van der Waals surface area contributed by atoms with Gasteiger partial charge in [0.2, 0.25) is 0 Å². The normalized spacial score (nSPS) is 26.6. The van der Waals surface area contributed by atoms with Crippen molar-refractivity contribution in [3.8, 4) is 0 Å². The molecule has 2 fully saturated rings. The number of rotatable bonds is 7. The lowest BCUT2D eigenvalue weighted by molar-refractivity contribution is -0.0544. The highest BCUT2D eigenvalue weighted by Gasteiger charge is 2.61. The van der Waals surface area contributed by atoms with E-state index in [1.165, 1.54) is 12.5 Å². The Morgan fingerprint density at radius 2 is 1.72 bits per heavy atom. The molecule has 0 bridgehead atoms. The van der Waals surface area contributed by atoms with Gasteiger partial charge in [-0.2, -0.15) is 0 Å². The topological polar surface area (TPSA) is 185 Å². The fraction of sp³-hybridized carbons (Fsp3) is 0.708. The highest BCUT2D eigenvalue weighted by Crippen LogP contribution is 2.49. The molecule has 0 aromatic carbocycles. The maximum Gasteiger partial charge on any atom is 0.335 e. The van der Waals surface area contributed by atoms with E-state index in [-0.39, 0.29) is 40.2 Å². The van der Waals surface area contributed by atoms with Crippen LogP contribution in [0.1, 0.15) is 72.0 Å². The van der Waals surface area contributed by atoms with Crippen LogP contribution in [0.5, 0.6) is 0 Å². The predicted molar refractivity (Wildman–Crippen MR) is 151 cm³/mol. The van der Waals surface area contributed by atoms with E-state index >= 15 is 0 Å². The molecule has 1 amide bonds. The van der Waals surface area contributed by atoms with Gasteiger partial charge in [0.05, 0.1) is 23.7 Å². The molecule has 2 saturated heterocycles. The van der Waals surface area contributed by atoms with E-state index in [0.717, 1.165) is 0 Å². The highest BCUT2D eigenvalue weighted by atomic mass is 28.5. The molecular formula is C24H40N8O5Si2. The lowest BCUT2D eigenvalue weighted by Gasteiger charge is -2.51. The Hall–Kier alpha value is -2.53. The van der Waals surface area contributed by atoms with Crippen molar-refractivity contribution in [2.75, 3.05) is 12.3 Å². The number of carbonyl (C=O) groups excluding carboxylic acids is 1. The maximum absolute atomic E-state index is 12.3. The van der Waals surface area contributed by atoms with Crippen molar-refractivity contribution < 1.29 is 22.5 Å². The fourth-order valence-electron chi connectivity index (χ4n) is 6.04. The summed E-state index contributed by atoms with van der Waals surface area (Å²) in [6.45, 7) is 17.3. The molecule has 0 saturated carbocycles. The number of azide groups is 1. The van der Waals surface area contributed by atoms with Crippen LogP contribution in [0.3, 0.4) is 0 Å². The minimum atomic E-state index is -3.00. The molecule has 4 rings (SSSR count). The third-order valence-corrected chi connectivity index (χ3v) is 18.3. The molecular weight excluding hydrogens is 536 g/mol. The first-order valence-corrected chi connectivity index (χ1v) is 17.4. The minimum absolute atomic E-state index is 0.0800. The van der Waals surface area contributed by atoms with E-state index in [1.54, 1.807) is 4.57 Å². The van der Waals surface area contributed by atoms with Crippen molar-refractivity contribution in [3.63, 3.8) is 0 Å². The third-order valence-electron chi connectivity index (χ3n) is 8.00. The van der Waals surface area contributed by atoms with Crippen LogP contribution in [0.4, 0.5) is 5.82 Å². The molecule has 0 unspecified atom stereocenters. The smallest absolute Gasteiger partial charge is 0.335 e. The second-order valence-corrected chi connectivity index (χ2v) is 20.4. The van der Waals surface area contributed by atoms with Crippen molar-refractivity contribution in [2.24, 2.45) is 10.8 Å². The number of fused-ring (bicyclic) bond motifs is 2. The summed E-state index contributed by atoms with van der Waals surface area (Å²) in [4.78, 5) is 23.8. The number of amides is 1. The zero-order chi connectivity index (χ0) is 28.9. The van der Waals surface area contributed by atoms with E-state index in [2.05, 4.69) is 75.4 Å². The minimum Gasteiger partial charge on any atom is -0.414 e. The summed E-state index contributed by atoms with van der Waals surface area (Å²) in [5.41, 5.74) is 22.4. The first kappa shape index (κ1) is 29.5. The van der Waals surface area contributed by atoms with Gasteiger partial charge in [0.25, 0.3) is 5.91 Å². The molecule has 2 aromatic heterocycles. The molecule has 0 aliphatic carbocycles. The van der Waals surface area contributed by atoms with E-state index < -0.39 is 47.5 Å². The zero-order valence-electron chi connectivity index (χ0n) is 23.9. The molecule has 4 heterocycles. The monoisotopic (exact) mass is 576 g/mol. The van der Waals surface area contributed by atoms with Crippen LogP contribution in [0.25, 0.3) is 21.5 Å². The molecule has 39 heavy (non-hydrogen) atoms. The molecule has 4 atom stereocenters. The van der Waals surface area contributed by atoms with Gasteiger partial charge in [-0.1, -0.05) is 60.5 Å². The van der Waals surface area contributed by atoms with Gasteiger partial charge in [-0.05, 0) is 27.7 Å². The van der Waals surface area contributed by atoms with Crippen LogP contribution in [0.2, 0.25) is 22.2 Å². The lowest BCUT2D eigenvalue weighted by atomic mass is 10.1. The number of hydrogen-bond acceptors (Lipinski definition) is 9. The van der Waals surface area contributed by atoms with E-state index in [0.29, 0.717) is 11.0 Å². The summed E-state index contributed by atoms with van der Waals surface area (Å²) in [5.74, 6) is -0.575. The number of carbonyl (C=O) groups is 1. The summed E-state index contributed by atoms with van der Waals surface area (Å²) < 4.78 is 29.4. The second-order valence-electron chi connectivity index (χ2n) is 11.6. The zero-order valence-corrected chi connectivity index (χ0v) is 25.9. The SMILES string of the molecule is CC(C)[Si]1(C(C)C)OC[C@H]2O[C@@H](n3cc(C(N)=O)c4c(N)ncnc43)[C@@H](N=[N+]=[N-])[C@@H]2O[Si](C(C)C)(C(C)C)O1. The number of aromatic nitrogens is 3. The molecule has 214 valence electrons. The number of nitrogen functional groups attached to an aromatic ring is 1. The fourth-order valence-corrected chi connectivity index (χ4v) is 17.3. The number of primary amides is 1. The molecule has 2 aliphatic rings. The van der Waals surface area contributed by atoms with Crippen molar-refractivity contribution in [1.82, 2.24) is 14.5 Å². The third kappa shape index (κ3) is 4.75. The van der Waals surface area contributed by atoms with Gasteiger partial charge in [0.15, 0.2) is 0 Å². The summed E-state index contributed by atoms with van der Waals surface area (Å²) >= 11 is 0. The van der Waals surface area contributed by atoms with E-state index in [9.17, 15) is 10.3 Å². The number of anilines is 1. The predicted octanol–water partition coefficient (Wildman–Crippen LogP) is 4.65. The second kappa shape index (κ2) is 10.8. The quantitative estimate of drug-likeness (QED) is 0.206. The first-order chi connectivity index (χ1) is 18.3. The standard InChI is InChI=1S/C24H40N8O5Si2/c1-12(2)38(13(3)4)34-10-17-20(36-39(37-38,14(5)6)15(7)8)19(30-31-27)24(35-17)32-9-16(22(26)33)18-21(25)28-11-29-23(18)32/h9,11-15,17,19-20,24H,10H2,1-8H3,(H2,26,33)(H2,25,28,29)/t17-,19+,20-,24-/m1/s1. The van der Waals surface area contributed by atoms with Gasteiger partial charge in [0.1, 0.15) is 36.2 Å². The summed E-state index contributed by atoms with van der Waals surface area (Å²) in [6.07, 6.45) is 0.755. The van der Waals surface area contributed by atoms with Gasteiger partial charge >= 0.3 is 17.1 Å². The number of nitrogens with two attached hydrogens (primary N) is 2. The molecule has 0 spiro atoms. The Bertz CT molecular complexity index is 1260. The van der Waals surface area contributed by atoms with Crippen molar-refractivity contribution in [2.45, 2.75) is 102 Å². The average Bonchev–Trinajstić information content (AvgIpc) is 3.38. The van der Waals surface area contributed by atoms with Gasteiger partial charge in [-0.3, -0.25) is 4.79 Å². The number of nitrogens with zero attached hydrogens (tertiary/aromatic N) is 6. The van der Waals surface area contributed by atoms with Gasteiger partial charge in [-0.25, -0.2) is 9.97 Å². The molecule has 15 heteroatoms. The Balaban J connectivity index is 1.89. The average molecular weight is 577 g/mol. The Morgan fingerprint density at radius 3 is 2.26 bits per heavy atom. The molecule has 0 radical (unpaired) electrons. The van der Waals surface area contributed by atoms with Crippen molar-refractivity contribution in [1.29, 1.82) is 0 Å². The highest BCUT2D eigenvalue weighted by molar-refractivity contribution is 6.84. The van der Waals surface area contributed by atoms with Gasteiger partial charge < -0.3 is 33.7 Å². The number of hydrogen-bond donors (Lipinski definition) is 2. The Kier molecular flexibility index (Phi) is 8.16. The molecule has 13 nitrogen and oxygen atoms in total. The maximum atomic E-state index is 12.3. The van der Waals surface area contributed by atoms with Gasteiger partial charge in [0, 0.05) is 11.1 Å². The molecule has 4 N–H and O–H groups in total. The molecule has 2 aromatic rings. The Labute approximate surface area is 230 Å². The summed E-state index contributed by atoms with van der Waals surface area (Å²) in [6, 6.07) is -0.809. The summed E-state index contributed by atoms with van der Waals surface area (Å²) in [7, 11) is -5.80. The van der Waals surface area contributed by atoms with Gasteiger partial charge in [-0.15, -0.1) is 0 Å². The van der Waals surface area contributed by atoms with E-state index in [4.69, 9.17) is 29.2 Å². The summed E-state index contributed by atoms with van der Waals surface area (Å²) in [5, 5.41) is 4.47. The first-order valence-electron chi connectivity index (χ1n) is 13.4. The Morgan fingerprint density at radius 1 is 1.10 bits per heavy atom. The van der Waals surface area contributed by atoms with Crippen LogP contribution in [-0.4, -0.2) is 62.4 Å². The lowest BCUT2D eigenvalue weighted by Crippen LogP contribution is -2.65. The van der Waals surface area contributed by atoms with Crippen LogP contribution in [-0.2, 0) is 17.7 Å². The van der Waals surface area contributed by atoms with Crippen LogP contribution in [0.15, 0.2) is 17.6 Å². The van der Waals surface area contributed by atoms with Crippen LogP contribution < -0.4 is 11.5 Å². The van der Waals surface area contributed by atoms with Crippen molar-refractivity contribution >= 4 is 39.9 Å². The van der Waals surface area contributed by atoms with E-state index in [1.807, 2.05) is 0 Å². The largest absolute Gasteiger partial charge is 0.414 e. The van der Waals surface area contributed by atoms with Crippen LogP contribution in [0, 0.1) is 0 Å². The number of ether oxygens (including phenoxy) is 1. The van der Waals surface area contributed by atoms with Crippen LogP contribution >= 0.6 is 0 Å². The molecule has 2 aliphatic heterocycles. The van der Waals surface area contributed by atoms with Crippen molar-refractivity contribution in [3.05, 3.63) is 28.5 Å².